The first kappa shape index (κ1) is 10.7. The predicted molar refractivity (Wildman–Crippen MR) is 55.8 cm³/mol. The van der Waals surface area contributed by atoms with Gasteiger partial charge in [-0.25, -0.2) is 4.79 Å². The molecule has 0 aromatic heterocycles. The number of amides is 2. The lowest BCUT2D eigenvalue weighted by molar-refractivity contribution is 0.252. The van der Waals surface area contributed by atoms with Gasteiger partial charge in [0.15, 0.2) is 0 Å². The minimum atomic E-state index is -0.337. The Morgan fingerprint density at radius 1 is 1.50 bits per heavy atom. The molecular formula is C9H11ClN2O2. The van der Waals surface area contributed by atoms with Crippen LogP contribution in [0.2, 0.25) is 0 Å². The SMILES string of the molecule is O=C(NCCCl)Nc1cccc(O)c1. The van der Waals surface area contributed by atoms with Crippen LogP contribution in [0.25, 0.3) is 0 Å². The van der Waals surface area contributed by atoms with Gasteiger partial charge < -0.3 is 15.7 Å². The average molecular weight is 215 g/mol. The minimum absolute atomic E-state index is 0.111. The molecule has 0 bridgehead atoms. The average Bonchev–Trinajstić information content (AvgIpc) is 2.15. The van der Waals surface area contributed by atoms with Crippen LogP contribution < -0.4 is 10.6 Å². The van der Waals surface area contributed by atoms with E-state index in [9.17, 15) is 4.79 Å². The van der Waals surface area contributed by atoms with Crippen molar-refractivity contribution in [2.24, 2.45) is 0 Å². The van der Waals surface area contributed by atoms with Crippen LogP contribution in [-0.2, 0) is 0 Å². The summed E-state index contributed by atoms with van der Waals surface area (Å²) in [7, 11) is 0. The van der Waals surface area contributed by atoms with Gasteiger partial charge in [0.1, 0.15) is 5.75 Å². The van der Waals surface area contributed by atoms with E-state index in [1.165, 1.54) is 12.1 Å². The maximum Gasteiger partial charge on any atom is 0.319 e. The second kappa shape index (κ2) is 5.34. The van der Waals surface area contributed by atoms with Gasteiger partial charge in [-0.1, -0.05) is 6.07 Å². The van der Waals surface area contributed by atoms with Crippen molar-refractivity contribution in [2.75, 3.05) is 17.7 Å². The van der Waals surface area contributed by atoms with E-state index in [-0.39, 0.29) is 11.8 Å². The Morgan fingerprint density at radius 2 is 2.29 bits per heavy atom. The normalized spacial score (nSPS) is 9.50. The van der Waals surface area contributed by atoms with Crippen LogP contribution in [0.3, 0.4) is 0 Å². The number of urea groups is 1. The Kier molecular flexibility index (Phi) is 4.07. The van der Waals surface area contributed by atoms with Gasteiger partial charge >= 0.3 is 6.03 Å². The molecule has 0 atom stereocenters. The molecule has 0 radical (unpaired) electrons. The topological polar surface area (TPSA) is 61.4 Å². The summed E-state index contributed by atoms with van der Waals surface area (Å²) >= 11 is 5.39. The van der Waals surface area contributed by atoms with Crippen molar-refractivity contribution in [3.63, 3.8) is 0 Å². The van der Waals surface area contributed by atoms with Crippen molar-refractivity contribution in [1.29, 1.82) is 0 Å². The summed E-state index contributed by atoms with van der Waals surface area (Å²) in [6.07, 6.45) is 0. The van der Waals surface area contributed by atoms with Gasteiger partial charge in [-0.15, -0.1) is 11.6 Å². The second-order valence-electron chi connectivity index (χ2n) is 2.62. The standard InChI is InChI=1S/C9H11ClN2O2/c10-4-5-11-9(14)12-7-2-1-3-8(13)6-7/h1-3,6,13H,4-5H2,(H2,11,12,14). The molecule has 14 heavy (non-hydrogen) atoms. The Morgan fingerprint density at radius 3 is 2.93 bits per heavy atom. The number of anilines is 1. The van der Waals surface area contributed by atoms with Crippen molar-refractivity contribution in [3.8, 4) is 5.75 Å². The third kappa shape index (κ3) is 3.53. The van der Waals surface area contributed by atoms with Crippen molar-refractivity contribution in [3.05, 3.63) is 24.3 Å². The van der Waals surface area contributed by atoms with Crippen molar-refractivity contribution >= 4 is 23.3 Å². The molecule has 0 unspecified atom stereocenters. The summed E-state index contributed by atoms with van der Waals surface area (Å²) in [5.74, 6) is 0.480. The lowest BCUT2D eigenvalue weighted by Gasteiger charge is -2.05. The highest BCUT2D eigenvalue weighted by molar-refractivity contribution is 6.18. The quantitative estimate of drug-likeness (QED) is 0.672. The zero-order valence-corrected chi connectivity index (χ0v) is 8.21. The Hall–Kier alpha value is -1.42. The Labute approximate surface area is 86.9 Å². The number of carbonyl (C=O) groups excluding carboxylic acids is 1. The number of phenolic OH excluding ortho intramolecular Hbond substituents is 1. The fourth-order valence-corrected chi connectivity index (χ4v) is 1.01. The fourth-order valence-electron chi connectivity index (χ4n) is 0.920. The van der Waals surface area contributed by atoms with E-state index in [0.717, 1.165) is 0 Å². The molecule has 4 nitrogen and oxygen atoms in total. The first-order valence-corrected chi connectivity index (χ1v) is 4.65. The van der Waals surface area contributed by atoms with E-state index in [4.69, 9.17) is 16.7 Å². The second-order valence-corrected chi connectivity index (χ2v) is 3.00. The number of benzene rings is 1. The molecule has 0 spiro atoms. The molecule has 3 N–H and O–H groups in total. The largest absolute Gasteiger partial charge is 0.508 e. The summed E-state index contributed by atoms with van der Waals surface area (Å²) in [5.41, 5.74) is 0.539. The van der Waals surface area contributed by atoms with Crippen LogP contribution in [0.5, 0.6) is 5.75 Å². The number of halogens is 1. The molecule has 1 aromatic rings. The lowest BCUT2D eigenvalue weighted by atomic mass is 10.3. The van der Waals surface area contributed by atoms with Crippen LogP contribution >= 0.6 is 11.6 Å². The van der Waals surface area contributed by atoms with E-state index < -0.39 is 0 Å². The predicted octanol–water partition coefficient (Wildman–Crippen LogP) is 1.75. The fraction of sp³-hybridized carbons (Fsp3) is 0.222. The maximum atomic E-state index is 11.1. The van der Waals surface area contributed by atoms with E-state index in [2.05, 4.69) is 10.6 Å². The zero-order chi connectivity index (χ0) is 10.4. The first-order chi connectivity index (χ1) is 6.72. The van der Waals surface area contributed by atoms with Crippen LogP contribution in [0, 0.1) is 0 Å². The molecule has 1 aromatic carbocycles. The summed E-state index contributed by atoms with van der Waals surface area (Å²) in [6, 6.07) is 5.98. The highest BCUT2D eigenvalue weighted by Gasteiger charge is 2.00. The van der Waals surface area contributed by atoms with E-state index in [1.807, 2.05) is 0 Å². The molecule has 0 saturated heterocycles. The van der Waals surface area contributed by atoms with Crippen LogP contribution in [-0.4, -0.2) is 23.6 Å². The number of carbonyl (C=O) groups is 1. The van der Waals surface area contributed by atoms with E-state index in [1.54, 1.807) is 12.1 Å². The van der Waals surface area contributed by atoms with E-state index in [0.29, 0.717) is 18.1 Å². The van der Waals surface area contributed by atoms with Gasteiger partial charge in [0.05, 0.1) is 0 Å². The number of rotatable bonds is 3. The molecule has 0 aliphatic rings. The van der Waals surface area contributed by atoms with Gasteiger partial charge in [-0.2, -0.15) is 0 Å². The number of aromatic hydroxyl groups is 1. The third-order valence-electron chi connectivity index (χ3n) is 1.48. The maximum absolute atomic E-state index is 11.1. The van der Waals surface area contributed by atoms with Gasteiger partial charge in [-0.05, 0) is 12.1 Å². The third-order valence-corrected chi connectivity index (χ3v) is 1.67. The molecule has 5 heteroatoms. The summed E-state index contributed by atoms with van der Waals surface area (Å²) in [6.45, 7) is 0.409. The molecule has 0 fully saturated rings. The molecule has 0 aliphatic carbocycles. The summed E-state index contributed by atoms with van der Waals surface area (Å²) in [4.78, 5) is 11.1. The molecule has 0 aliphatic heterocycles. The molecule has 1 rings (SSSR count). The number of alkyl halides is 1. The minimum Gasteiger partial charge on any atom is -0.508 e. The highest BCUT2D eigenvalue weighted by atomic mass is 35.5. The van der Waals surface area contributed by atoms with Crippen molar-refractivity contribution in [2.45, 2.75) is 0 Å². The molecule has 0 saturated carbocycles. The van der Waals surface area contributed by atoms with Crippen LogP contribution in [0.1, 0.15) is 0 Å². The van der Waals surface area contributed by atoms with Gasteiger partial charge in [0.25, 0.3) is 0 Å². The molecule has 76 valence electrons. The van der Waals surface area contributed by atoms with Crippen molar-refractivity contribution < 1.29 is 9.90 Å². The summed E-state index contributed by atoms with van der Waals surface area (Å²) < 4.78 is 0. The molecule has 2 amide bonds. The monoisotopic (exact) mass is 214 g/mol. The zero-order valence-electron chi connectivity index (χ0n) is 7.46. The molecular weight excluding hydrogens is 204 g/mol. The lowest BCUT2D eigenvalue weighted by Crippen LogP contribution is -2.30. The highest BCUT2D eigenvalue weighted by Crippen LogP contribution is 2.14. The van der Waals surface area contributed by atoms with Crippen LogP contribution in [0.4, 0.5) is 10.5 Å². The van der Waals surface area contributed by atoms with Gasteiger partial charge in [-0.3, -0.25) is 0 Å². The van der Waals surface area contributed by atoms with Crippen LogP contribution in [0.15, 0.2) is 24.3 Å². The van der Waals surface area contributed by atoms with Gasteiger partial charge in [0.2, 0.25) is 0 Å². The summed E-state index contributed by atoms with van der Waals surface area (Å²) in [5, 5.41) is 14.2. The van der Waals surface area contributed by atoms with Gasteiger partial charge in [0, 0.05) is 24.2 Å². The number of hydrogen-bond acceptors (Lipinski definition) is 2. The Balaban J connectivity index is 2.47. The number of hydrogen-bond donors (Lipinski definition) is 3. The smallest absolute Gasteiger partial charge is 0.319 e. The Bertz CT molecular complexity index is 317. The van der Waals surface area contributed by atoms with Crippen molar-refractivity contribution in [1.82, 2.24) is 5.32 Å². The van der Waals surface area contributed by atoms with E-state index >= 15 is 0 Å². The molecule has 0 heterocycles. The number of nitrogens with one attached hydrogen (secondary N) is 2. The first-order valence-electron chi connectivity index (χ1n) is 4.12. The number of phenols is 1.